The van der Waals surface area contributed by atoms with Crippen LogP contribution in [-0.2, 0) is 0 Å². The number of non-ortho nitro benzene ring substituents is 1. The Morgan fingerprint density at radius 2 is 1.81 bits per heavy atom. The lowest BCUT2D eigenvalue weighted by molar-refractivity contribution is -0.384. The number of nitro benzene ring substituents is 1. The minimum Gasteiger partial charge on any atom is -0.286 e. The maximum atomic E-state index is 13.4. The van der Waals surface area contributed by atoms with Crippen molar-refractivity contribution < 1.29 is 9.72 Å². The molecule has 1 aromatic heterocycles. The third kappa shape index (κ3) is 3.21. The van der Waals surface area contributed by atoms with E-state index >= 15 is 0 Å². The molecule has 0 bridgehead atoms. The number of hydrogen-bond acceptors (Lipinski definition) is 6. The number of carbonyl (C=O) groups is 1. The molecule has 0 spiro atoms. The van der Waals surface area contributed by atoms with Crippen molar-refractivity contribution in [1.82, 2.24) is 9.78 Å². The Balaban J connectivity index is 1.65. The van der Waals surface area contributed by atoms with Gasteiger partial charge in [-0.15, -0.1) is 0 Å². The average molecular weight is 446 g/mol. The Bertz CT molecular complexity index is 1340. The first-order chi connectivity index (χ1) is 15.4. The molecule has 0 saturated heterocycles. The fourth-order valence-electron chi connectivity index (χ4n) is 3.87. The van der Waals surface area contributed by atoms with Gasteiger partial charge in [0.2, 0.25) is 0 Å². The smallest absolute Gasteiger partial charge is 0.280 e. The molecule has 3 aromatic rings. The SMILES string of the molecule is Cc1nn(C(=O)c2ccc([N+](=O)[O-])cc2)c2c1C(c1ccc(Cl)cc1)N=C1C=CC=CN12. The van der Waals surface area contributed by atoms with Gasteiger partial charge in [-0.05, 0) is 48.9 Å². The summed E-state index contributed by atoms with van der Waals surface area (Å²) in [6, 6.07) is 12.6. The van der Waals surface area contributed by atoms with E-state index in [4.69, 9.17) is 16.6 Å². The van der Waals surface area contributed by atoms with Gasteiger partial charge >= 0.3 is 0 Å². The lowest BCUT2D eigenvalue weighted by Gasteiger charge is -2.31. The van der Waals surface area contributed by atoms with Crippen molar-refractivity contribution in [2.45, 2.75) is 13.0 Å². The Labute approximate surface area is 187 Å². The first-order valence-corrected chi connectivity index (χ1v) is 10.2. The number of fused-ring (bicyclic) bond motifs is 3. The summed E-state index contributed by atoms with van der Waals surface area (Å²) in [5.74, 6) is 0.886. The molecule has 0 fully saturated rings. The quantitative estimate of drug-likeness (QED) is 0.425. The molecule has 0 N–H and O–H groups in total. The van der Waals surface area contributed by atoms with Crippen molar-refractivity contribution in [1.29, 1.82) is 0 Å². The van der Waals surface area contributed by atoms with Crippen LogP contribution >= 0.6 is 11.6 Å². The van der Waals surface area contributed by atoms with Crippen LogP contribution in [-0.4, -0.2) is 26.4 Å². The summed E-state index contributed by atoms with van der Waals surface area (Å²) in [6.45, 7) is 1.84. The number of aryl methyl sites for hydroxylation is 1. The monoisotopic (exact) mass is 445 g/mol. The topological polar surface area (TPSA) is 93.6 Å². The molecule has 0 saturated carbocycles. The zero-order valence-electron chi connectivity index (χ0n) is 16.8. The Morgan fingerprint density at radius 3 is 2.50 bits per heavy atom. The number of benzene rings is 2. The van der Waals surface area contributed by atoms with Crippen LogP contribution < -0.4 is 4.90 Å². The van der Waals surface area contributed by atoms with E-state index in [9.17, 15) is 14.9 Å². The van der Waals surface area contributed by atoms with Crippen LogP contribution in [0.1, 0.15) is 33.2 Å². The number of halogens is 1. The van der Waals surface area contributed by atoms with Gasteiger partial charge in [0.15, 0.2) is 5.82 Å². The first-order valence-electron chi connectivity index (χ1n) is 9.80. The number of aromatic nitrogens is 2. The molecule has 0 radical (unpaired) electrons. The highest BCUT2D eigenvalue weighted by molar-refractivity contribution is 6.30. The molecule has 158 valence electrons. The molecule has 3 heterocycles. The van der Waals surface area contributed by atoms with Gasteiger partial charge in [-0.3, -0.25) is 24.8 Å². The summed E-state index contributed by atoms with van der Waals surface area (Å²) < 4.78 is 1.34. The van der Waals surface area contributed by atoms with Crippen LogP contribution in [0.5, 0.6) is 0 Å². The molecular weight excluding hydrogens is 430 g/mol. The standard InChI is InChI=1S/C23H16ClN5O3/c1-14-20-21(15-5-9-17(24)10-6-15)25-19-4-2-3-13-27(19)22(20)28(26-14)23(30)16-7-11-18(12-8-16)29(31)32/h2-13,21H,1H3. The van der Waals surface area contributed by atoms with Gasteiger partial charge in [-0.25, -0.2) is 0 Å². The van der Waals surface area contributed by atoms with E-state index in [1.165, 1.54) is 28.9 Å². The molecule has 2 aromatic carbocycles. The van der Waals surface area contributed by atoms with Gasteiger partial charge < -0.3 is 0 Å². The van der Waals surface area contributed by atoms with E-state index in [-0.39, 0.29) is 17.6 Å². The fourth-order valence-corrected chi connectivity index (χ4v) is 4.00. The number of rotatable bonds is 3. The predicted octanol–water partition coefficient (Wildman–Crippen LogP) is 4.83. The number of carbonyl (C=O) groups excluding carboxylic acids is 1. The number of anilines is 1. The number of hydrogen-bond donors (Lipinski definition) is 0. The summed E-state index contributed by atoms with van der Waals surface area (Å²) in [6.07, 6.45) is 7.44. The molecule has 2 aliphatic rings. The molecule has 0 aliphatic carbocycles. The third-order valence-electron chi connectivity index (χ3n) is 5.39. The van der Waals surface area contributed by atoms with Crippen molar-refractivity contribution >= 4 is 34.8 Å². The van der Waals surface area contributed by atoms with Crippen molar-refractivity contribution in [2.75, 3.05) is 4.90 Å². The second kappa shape index (κ2) is 7.58. The van der Waals surface area contributed by atoms with Crippen LogP contribution in [0.25, 0.3) is 0 Å². The Morgan fingerprint density at radius 1 is 1.09 bits per heavy atom. The molecule has 9 heteroatoms. The van der Waals surface area contributed by atoms with Gasteiger partial charge in [0.25, 0.3) is 11.6 Å². The summed E-state index contributed by atoms with van der Waals surface area (Å²) in [5.41, 5.74) is 2.62. The Hall–Kier alpha value is -4.04. The fraction of sp³-hybridized carbons (Fsp3) is 0.0870. The lowest BCUT2D eigenvalue weighted by atomic mass is 9.96. The number of amidine groups is 1. The molecule has 1 atom stereocenters. The Kier molecular flexibility index (Phi) is 4.71. The maximum absolute atomic E-state index is 13.4. The van der Waals surface area contributed by atoms with Crippen molar-refractivity contribution in [3.63, 3.8) is 0 Å². The summed E-state index contributed by atoms with van der Waals surface area (Å²) in [4.78, 5) is 30.6. The summed E-state index contributed by atoms with van der Waals surface area (Å²) in [7, 11) is 0. The number of aliphatic imine (C=N–C) groups is 1. The van der Waals surface area contributed by atoms with E-state index in [2.05, 4.69) is 5.10 Å². The van der Waals surface area contributed by atoms with E-state index in [1.807, 2.05) is 60.5 Å². The molecule has 2 aliphatic heterocycles. The average Bonchev–Trinajstić information content (AvgIpc) is 3.16. The molecule has 5 rings (SSSR count). The minimum atomic E-state index is -0.501. The van der Waals surface area contributed by atoms with E-state index in [0.29, 0.717) is 27.9 Å². The lowest BCUT2D eigenvalue weighted by Crippen LogP contribution is -2.34. The van der Waals surface area contributed by atoms with Gasteiger partial charge in [0, 0.05) is 34.5 Å². The maximum Gasteiger partial charge on any atom is 0.280 e. The molecule has 0 amide bonds. The van der Waals surface area contributed by atoms with Crippen LogP contribution in [0.2, 0.25) is 5.02 Å². The molecule has 8 nitrogen and oxygen atoms in total. The highest BCUT2D eigenvalue weighted by Gasteiger charge is 2.35. The van der Waals surface area contributed by atoms with Crippen LogP contribution in [0, 0.1) is 17.0 Å². The normalized spacial score (nSPS) is 16.4. The number of nitro groups is 1. The van der Waals surface area contributed by atoms with Crippen LogP contribution in [0.15, 0.2) is 78.0 Å². The molecular formula is C23H16ClN5O3. The highest BCUT2D eigenvalue weighted by atomic mass is 35.5. The van der Waals surface area contributed by atoms with Crippen molar-refractivity contribution in [3.05, 3.63) is 110 Å². The third-order valence-corrected chi connectivity index (χ3v) is 5.64. The van der Waals surface area contributed by atoms with Gasteiger partial charge in [0.05, 0.1) is 10.6 Å². The first kappa shape index (κ1) is 19.9. The van der Waals surface area contributed by atoms with Crippen LogP contribution in [0.4, 0.5) is 11.5 Å². The van der Waals surface area contributed by atoms with E-state index in [1.54, 1.807) is 0 Å². The van der Waals surface area contributed by atoms with Crippen molar-refractivity contribution in [3.8, 4) is 0 Å². The highest BCUT2D eigenvalue weighted by Crippen LogP contribution is 2.41. The second-order valence-corrected chi connectivity index (χ2v) is 7.79. The number of nitrogens with zero attached hydrogens (tertiary/aromatic N) is 5. The molecule has 1 unspecified atom stereocenters. The summed E-state index contributed by atoms with van der Waals surface area (Å²) in [5, 5.41) is 16.1. The van der Waals surface area contributed by atoms with Gasteiger partial charge in [-0.2, -0.15) is 9.78 Å². The van der Waals surface area contributed by atoms with E-state index < -0.39 is 4.92 Å². The zero-order chi connectivity index (χ0) is 22.4. The summed E-state index contributed by atoms with van der Waals surface area (Å²) >= 11 is 6.07. The number of allylic oxidation sites excluding steroid dienone is 2. The van der Waals surface area contributed by atoms with Crippen molar-refractivity contribution in [2.24, 2.45) is 4.99 Å². The second-order valence-electron chi connectivity index (χ2n) is 7.36. The minimum absolute atomic E-state index is 0.0819. The zero-order valence-corrected chi connectivity index (χ0v) is 17.6. The van der Waals surface area contributed by atoms with Gasteiger partial charge in [-0.1, -0.05) is 29.8 Å². The predicted molar refractivity (Wildman–Crippen MR) is 121 cm³/mol. The largest absolute Gasteiger partial charge is 0.286 e. The van der Waals surface area contributed by atoms with Crippen LogP contribution in [0.3, 0.4) is 0 Å². The molecule has 32 heavy (non-hydrogen) atoms. The van der Waals surface area contributed by atoms with Gasteiger partial charge in [0.1, 0.15) is 11.9 Å². The van der Waals surface area contributed by atoms with E-state index in [0.717, 1.165) is 11.1 Å².